The molecule has 0 saturated heterocycles. The van der Waals surface area contributed by atoms with Gasteiger partial charge in [-0.3, -0.25) is 0 Å². The highest BCUT2D eigenvalue weighted by Crippen LogP contribution is 1.64. The summed E-state index contributed by atoms with van der Waals surface area (Å²) in [5.74, 6) is 0. The Balaban J connectivity index is 3.33. The Labute approximate surface area is 36.2 Å². The Morgan fingerprint density at radius 2 is 2.50 bits per heavy atom. The zero-order valence-corrected chi connectivity index (χ0v) is 3.51. The summed E-state index contributed by atoms with van der Waals surface area (Å²) in [7, 11) is 0. The van der Waals surface area contributed by atoms with Crippen LogP contribution in [0.15, 0.2) is 17.3 Å². The van der Waals surface area contributed by atoms with Gasteiger partial charge in [0.05, 0.1) is 0 Å². The second-order valence-corrected chi connectivity index (χ2v) is 0.703. The van der Waals surface area contributed by atoms with Crippen LogP contribution in [0.3, 0.4) is 0 Å². The van der Waals surface area contributed by atoms with Gasteiger partial charge in [0.2, 0.25) is 6.08 Å². The standard InChI is InChI=1S/C4H5NO/c1-2-3-5-4-6/h2-3H,1H3. The van der Waals surface area contributed by atoms with Gasteiger partial charge < -0.3 is 0 Å². The molecule has 0 aromatic carbocycles. The van der Waals surface area contributed by atoms with E-state index < -0.39 is 0 Å². The van der Waals surface area contributed by atoms with Gasteiger partial charge in [0.25, 0.3) is 0 Å². The summed E-state index contributed by atoms with van der Waals surface area (Å²) in [6, 6.07) is 0. The summed E-state index contributed by atoms with van der Waals surface area (Å²) in [5.41, 5.74) is 0. The van der Waals surface area contributed by atoms with E-state index in [0.29, 0.717) is 0 Å². The van der Waals surface area contributed by atoms with Crippen LogP contribution in [0.4, 0.5) is 0 Å². The lowest BCUT2D eigenvalue weighted by atomic mass is 10.7. The van der Waals surface area contributed by atoms with E-state index in [4.69, 9.17) is 0 Å². The minimum atomic E-state index is 1.36. The molecule has 6 heavy (non-hydrogen) atoms. The summed E-state index contributed by atoms with van der Waals surface area (Å²) in [5, 5.41) is 0. The lowest BCUT2D eigenvalue weighted by molar-refractivity contribution is 0.565. The van der Waals surface area contributed by atoms with Crippen LogP contribution in [-0.2, 0) is 4.79 Å². The molecule has 0 radical (unpaired) electrons. The Morgan fingerprint density at radius 3 is 2.67 bits per heavy atom. The highest BCUT2D eigenvalue weighted by atomic mass is 16.1. The monoisotopic (exact) mass is 83.0 g/mol. The maximum Gasteiger partial charge on any atom is 0.239 e. The largest absolute Gasteiger partial charge is 0.239 e. The molecule has 0 atom stereocenters. The molecule has 0 aliphatic heterocycles. The highest BCUT2D eigenvalue weighted by Gasteiger charge is 1.48. The summed E-state index contributed by atoms with van der Waals surface area (Å²) >= 11 is 0. The average Bonchev–Trinajstić information content (AvgIpc) is 1.61. The first-order valence-corrected chi connectivity index (χ1v) is 1.60. The van der Waals surface area contributed by atoms with E-state index in [1.165, 1.54) is 12.3 Å². The molecule has 0 spiro atoms. The molecule has 2 nitrogen and oxygen atoms in total. The third kappa shape index (κ3) is 3.12. The fourth-order valence-corrected chi connectivity index (χ4v) is 0.105. The lowest BCUT2D eigenvalue weighted by Crippen LogP contribution is -1.42. The minimum Gasteiger partial charge on any atom is -0.211 e. The number of rotatable bonds is 1. The second-order valence-electron chi connectivity index (χ2n) is 0.703. The van der Waals surface area contributed by atoms with Gasteiger partial charge in [0, 0.05) is 6.20 Å². The third-order valence-electron chi connectivity index (χ3n) is 0.276. The molecule has 0 saturated carbocycles. The van der Waals surface area contributed by atoms with Gasteiger partial charge in [-0.1, -0.05) is 6.08 Å². The second kappa shape index (κ2) is 4.12. The van der Waals surface area contributed by atoms with Crippen LogP contribution in [0.5, 0.6) is 0 Å². The Hall–Kier alpha value is -0.880. The van der Waals surface area contributed by atoms with E-state index in [9.17, 15) is 4.79 Å². The Bertz CT molecular complexity index is 89.7. The topological polar surface area (TPSA) is 29.4 Å². The van der Waals surface area contributed by atoms with Crippen molar-refractivity contribution in [3.05, 3.63) is 12.3 Å². The van der Waals surface area contributed by atoms with Gasteiger partial charge in [-0.05, 0) is 6.92 Å². The predicted molar refractivity (Wildman–Crippen MR) is 22.9 cm³/mol. The van der Waals surface area contributed by atoms with E-state index in [1.807, 2.05) is 0 Å². The molecule has 0 N–H and O–H groups in total. The first kappa shape index (κ1) is 5.12. The molecule has 0 fully saturated rings. The maximum atomic E-state index is 9.22. The zero-order valence-electron chi connectivity index (χ0n) is 3.51. The number of allylic oxidation sites excluding steroid dienone is 1. The van der Waals surface area contributed by atoms with Gasteiger partial charge >= 0.3 is 0 Å². The van der Waals surface area contributed by atoms with Crippen molar-refractivity contribution in [1.29, 1.82) is 0 Å². The van der Waals surface area contributed by atoms with E-state index in [0.717, 1.165) is 0 Å². The maximum absolute atomic E-state index is 9.22. The average molecular weight is 83.1 g/mol. The molecule has 0 rings (SSSR count). The molecule has 0 aromatic heterocycles. The van der Waals surface area contributed by atoms with Crippen LogP contribution in [-0.4, -0.2) is 6.08 Å². The Kier molecular flexibility index (Phi) is 3.52. The van der Waals surface area contributed by atoms with Crippen molar-refractivity contribution in [3.63, 3.8) is 0 Å². The van der Waals surface area contributed by atoms with E-state index >= 15 is 0 Å². The van der Waals surface area contributed by atoms with Gasteiger partial charge in [-0.2, -0.15) is 4.99 Å². The quantitative estimate of drug-likeness (QED) is 0.341. The number of carbonyl (C=O) groups excluding carboxylic acids is 1. The molecule has 0 unspecified atom stereocenters. The zero-order chi connectivity index (χ0) is 4.83. The normalized spacial score (nSPS) is 8.17. The van der Waals surface area contributed by atoms with E-state index in [-0.39, 0.29) is 0 Å². The fraction of sp³-hybridized carbons (Fsp3) is 0.250. The van der Waals surface area contributed by atoms with Crippen molar-refractivity contribution in [2.75, 3.05) is 0 Å². The fourth-order valence-electron chi connectivity index (χ4n) is 0.105. The number of hydrogen-bond acceptors (Lipinski definition) is 2. The van der Waals surface area contributed by atoms with Crippen molar-refractivity contribution < 1.29 is 4.79 Å². The molecule has 0 aromatic rings. The van der Waals surface area contributed by atoms with Crippen LogP contribution in [0.2, 0.25) is 0 Å². The van der Waals surface area contributed by atoms with Gasteiger partial charge in [-0.25, -0.2) is 4.79 Å². The predicted octanol–water partition coefficient (Wildman–Crippen LogP) is 0.856. The Morgan fingerprint density at radius 1 is 1.83 bits per heavy atom. The van der Waals surface area contributed by atoms with Crippen LogP contribution < -0.4 is 0 Å². The van der Waals surface area contributed by atoms with Crippen LogP contribution in [0.25, 0.3) is 0 Å². The molecular formula is C4H5NO. The number of isocyanates is 1. The summed E-state index contributed by atoms with van der Waals surface area (Å²) < 4.78 is 0. The summed E-state index contributed by atoms with van der Waals surface area (Å²) in [4.78, 5) is 12.3. The van der Waals surface area contributed by atoms with Crippen molar-refractivity contribution in [2.45, 2.75) is 6.92 Å². The third-order valence-corrected chi connectivity index (χ3v) is 0.276. The van der Waals surface area contributed by atoms with Gasteiger partial charge in [0.15, 0.2) is 0 Å². The van der Waals surface area contributed by atoms with Crippen molar-refractivity contribution in [3.8, 4) is 0 Å². The molecule has 32 valence electrons. The summed E-state index contributed by atoms with van der Waals surface area (Å²) in [6.07, 6.45) is 4.40. The van der Waals surface area contributed by atoms with Crippen LogP contribution in [0, 0.1) is 0 Å². The highest BCUT2D eigenvalue weighted by molar-refractivity contribution is 5.34. The van der Waals surface area contributed by atoms with Gasteiger partial charge in [0.1, 0.15) is 0 Å². The molecule has 0 aliphatic rings. The minimum absolute atomic E-state index is 1.36. The van der Waals surface area contributed by atoms with Gasteiger partial charge in [-0.15, -0.1) is 0 Å². The van der Waals surface area contributed by atoms with Crippen molar-refractivity contribution in [1.82, 2.24) is 0 Å². The van der Waals surface area contributed by atoms with E-state index in [1.54, 1.807) is 13.0 Å². The SMILES string of the molecule is CC=CN=C=O. The number of nitrogens with zero attached hydrogens (tertiary/aromatic N) is 1. The number of hydrogen-bond donors (Lipinski definition) is 0. The van der Waals surface area contributed by atoms with Crippen molar-refractivity contribution >= 4 is 6.08 Å². The van der Waals surface area contributed by atoms with E-state index in [2.05, 4.69) is 4.99 Å². The smallest absolute Gasteiger partial charge is 0.211 e. The molecule has 2 heteroatoms. The van der Waals surface area contributed by atoms with Crippen LogP contribution in [0.1, 0.15) is 6.92 Å². The van der Waals surface area contributed by atoms with Crippen LogP contribution >= 0.6 is 0 Å². The molecule has 0 aliphatic carbocycles. The first-order valence-electron chi connectivity index (χ1n) is 1.60. The number of aliphatic imine (C=N–C) groups is 1. The summed E-state index contributed by atoms with van der Waals surface area (Å²) in [6.45, 7) is 1.78. The first-order chi connectivity index (χ1) is 2.91. The van der Waals surface area contributed by atoms with Crippen molar-refractivity contribution in [2.24, 2.45) is 4.99 Å². The lowest BCUT2D eigenvalue weighted by Gasteiger charge is -1.55. The molecule has 0 bridgehead atoms. The molecule has 0 heterocycles. The molecular weight excluding hydrogens is 78.0 g/mol. The molecule has 0 amide bonds.